The first-order valence-corrected chi connectivity index (χ1v) is 5.55. The third kappa shape index (κ3) is 0.558. The standard InChI is InChI=1S/C7H13P/c1-7-3-6(7)4-8(2)5-7/h6H,3-5H2,1-2H3. The van der Waals surface area contributed by atoms with Gasteiger partial charge < -0.3 is 0 Å². The van der Waals surface area contributed by atoms with E-state index in [9.17, 15) is 0 Å². The van der Waals surface area contributed by atoms with Crippen molar-refractivity contribution in [3.63, 3.8) is 0 Å². The maximum absolute atomic E-state index is 2.46. The molecule has 1 aliphatic heterocycles. The average Bonchev–Trinajstić information content (AvgIpc) is 2.07. The lowest BCUT2D eigenvalue weighted by Gasteiger charge is -2.05. The molecule has 0 radical (unpaired) electrons. The van der Waals surface area contributed by atoms with Crippen molar-refractivity contribution >= 4 is 7.92 Å². The first kappa shape index (κ1) is 5.23. The molecule has 0 nitrogen and oxygen atoms in total. The van der Waals surface area contributed by atoms with Gasteiger partial charge in [-0.1, -0.05) is 6.92 Å². The summed E-state index contributed by atoms with van der Waals surface area (Å²) in [5.41, 5.74) is 0.862. The van der Waals surface area contributed by atoms with E-state index in [0.717, 1.165) is 5.41 Å². The highest BCUT2D eigenvalue weighted by Crippen LogP contribution is 2.67. The second kappa shape index (κ2) is 1.29. The molecule has 2 aliphatic rings. The lowest BCUT2D eigenvalue weighted by Crippen LogP contribution is -1.93. The van der Waals surface area contributed by atoms with Gasteiger partial charge in [-0.25, -0.2) is 0 Å². The van der Waals surface area contributed by atoms with Gasteiger partial charge in [0.15, 0.2) is 0 Å². The van der Waals surface area contributed by atoms with Crippen molar-refractivity contribution in [2.45, 2.75) is 13.3 Å². The fraction of sp³-hybridized carbons (Fsp3) is 1.00. The van der Waals surface area contributed by atoms with E-state index < -0.39 is 0 Å². The molecule has 0 bridgehead atoms. The Morgan fingerprint density at radius 1 is 1.62 bits per heavy atom. The minimum absolute atomic E-state index is 0.497. The Labute approximate surface area is 52.4 Å². The second-order valence-corrected chi connectivity index (χ2v) is 6.15. The molecule has 0 aromatic heterocycles. The van der Waals surface area contributed by atoms with Crippen LogP contribution in [0.2, 0.25) is 0 Å². The second-order valence-electron chi connectivity index (χ2n) is 3.75. The highest BCUT2D eigenvalue weighted by atomic mass is 31.1. The topological polar surface area (TPSA) is 0 Å². The van der Waals surface area contributed by atoms with Crippen LogP contribution < -0.4 is 0 Å². The van der Waals surface area contributed by atoms with Crippen molar-refractivity contribution in [3.8, 4) is 0 Å². The molecule has 0 aromatic carbocycles. The van der Waals surface area contributed by atoms with Crippen LogP contribution in [0.4, 0.5) is 0 Å². The van der Waals surface area contributed by atoms with Crippen molar-refractivity contribution in [2.75, 3.05) is 19.0 Å². The van der Waals surface area contributed by atoms with Gasteiger partial charge in [0.05, 0.1) is 0 Å². The van der Waals surface area contributed by atoms with Crippen LogP contribution in [0.1, 0.15) is 13.3 Å². The minimum atomic E-state index is 0.497. The van der Waals surface area contributed by atoms with Crippen LogP contribution in [-0.4, -0.2) is 19.0 Å². The summed E-state index contributed by atoms with van der Waals surface area (Å²) in [7, 11) is 0.497. The predicted octanol–water partition coefficient (Wildman–Crippen LogP) is 2.14. The first-order valence-electron chi connectivity index (χ1n) is 3.39. The molecule has 1 heterocycles. The summed E-state index contributed by atoms with van der Waals surface area (Å²) in [5, 5.41) is 0. The zero-order valence-corrected chi connectivity index (χ0v) is 6.54. The zero-order chi connectivity index (χ0) is 5.78. The summed E-state index contributed by atoms with van der Waals surface area (Å²) in [6.45, 7) is 4.91. The van der Waals surface area contributed by atoms with E-state index >= 15 is 0 Å². The van der Waals surface area contributed by atoms with Crippen LogP contribution in [-0.2, 0) is 0 Å². The molecular formula is C7H13P. The molecule has 0 spiro atoms. The van der Waals surface area contributed by atoms with Gasteiger partial charge in [0, 0.05) is 0 Å². The monoisotopic (exact) mass is 128 g/mol. The number of hydrogen-bond acceptors (Lipinski definition) is 0. The first-order chi connectivity index (χ1) is 3.71. The Morgan fingerprint density at radius 3 is 2.62 bits per heavy atom. The number of rotatable bonds is 0. The maximum Gasteiger partial charge on any atom is -0.0252 e. The minimum Gasteiger partial charge on any atom is -0.109 e. The van der Waals surface area contributed by atoms with Gasteiger partial charge in [0.1, 0.15) is 0 Å². The Hall–Kier alpha value is 0.430. The fourth-order valence-electron chi connectivity index (χ4n) is 2.04. The van der Waals surface area contributed by atoms with Gasteiger partial charge in [0.25, 0.3) is 0 Å². The van der Waals surface area contributed by atoms with Gasteiger partial charge in [-0.2, -0.15) is 0 Å². The summed E-state index contributed by atoms with van der Waals surface area (Å²) >= 11 is 0. The SMILES string of the molecule is CP1CC2CC2(C)C1. The van der Waals surface area contributed by atoms with Crippen LogP contribution in [0, 0.1) is 11.3 Å². The molecule has 1 heteroatoms. The summed E-state index contributed by atoms with van der Waals surface area (Å²) in [6, 6.07) is 0. The highest BCUT2D eigenvalue weighted by molar-refractivity contribution is 7.57. The smallest absolute Gasteiger partial charge is 0.0252 e. The van der Waals surface area contributed by atoms with Crippen molar-refractivity contribution in [1.29, 1.82) is 0 Å². The van der Waals surface area contributed by atoms with Gasteiger partial charge in [-0.3, -0.25) is 0 Å². The molecule has 1 saturated carbocycles. The van der Waals surface area contributed by atoms with Crippen LogP contribution in [0.3, 0.4) is 0 Å². The van der Waals surface area contributed by atoms with Gasteiger partial charge >= 0.3 is 0 Å². The van der Waals surface area contributed by atoms with Crippen molar-refractivity contribution in [3.05, 3.63) is 0 Å². The molecule has 2 fully saturated rings. The molecule has 1 aliphatic carbocycles. The van der Waals surface area contributed by atoms with E-state index in [1.165, 1.54) is 5.92 Å². The molecule has 3 unspecified atom stereocenters. The quantitative estimate of drug-likeness (QED) is 0.438. The molecule has 1 saturated heterocycles. The van der Waals surface area contributed by atoms with E-state index in [1.807, 2.05) is 0 Å². The fourth-order valence-corrected chi connectivity index (χ4v) is 5.11. The van der Waals surface area contributed by atoms with Crippen molar-refractivity contribution in [2.24, 2.45) is 11.3 Å². The molecule has 0 amide bonds. The molecule has 3 atom stereocenters. The predicted molar refractivity (Wildman–Crippen MR) is 38.8 cm³/mol. The van der Waals surface area contributed by atoms with Crippen LogP contribution in [0.5, 0.6) is 0 Å². The van der Waals surface area contributed by atoms with Crippen molar-refractivity contribution < 1.29 is 0 Å². The van der Waals surface area contributed by atoms with Crippen molar-refractivity contribution in [1.82, 2.24) is 0 Å². The van der Waals surface area contributed by atoms with E-state index in [4.69, 9.17) is 0 Å². The van der Waals surface area contributed by atoms with E-state index in [0.29, 0.717) is 7.92 Å². The summed E-state index contributed by atoms with van der Waals surface area (Å²) in [6.07, 6.45) is 4.72. The highest BCUT2D eigenvalue weighted by Gasteiger charge is 2.55. The molecule has 46 valence electrons. The van der Waals surface area contributed by atoms with E-state index in [1.54, 1.807) is 18.7 Å². The average molecular weight is 128 g/mol. The zero-order valence-electron chi connectivity index (χ0n) is 5.65. The summed E-state index contributed by atoms with van der Waals surface area (Å²) < 4.78 is 0. The molecule has 2 rings (SSSR count). The molecule has 0 N–H and O–H groups in total. The molecular weight excluding hydrogens is 115 g/mol. The van der Waals surface area contributed by atoms with E-state index in [-0.39, 0.29) is 0 Å². The Balaban J connectivity index is 2.10. The number of hydrogen-bond donors (Lipinski definition) is 0. The van der Waals surface area contributed by atoms with Crippen LogP contribution in [0.25, 0.3) is 0 Å². The van der Waals surface area contributed by atoms with Gasteiger partial charge in [-0.05, 0) is 36.7 Å². The lowest BCUT2D eigenvalue weighted by atomic mass is 10.1. The molecule has 8 heavy (non-hydrogen) atoms. The van der Waals surface area contributed by atoms with Crippen LogP contribution >= 0.6 is 7.92 Å². The molecule has 0 aromatic rings. The third-order valence-corrected chi connectivity index (χ3v) is 5.03. The Morgan fingerprint density at radius 2 is 2.38 bits per heavy atom. The lowest BCUT2D eigenvalue weighted by molar-refractivity contribution is 0.623. The van der Waals surface area contributed by atoms with E-state index in [2.05, 4.69) is 13.6 Å². The normalized spacial score (nSPS) is 60.8. The van der Waals surface area contributed by atoms with Crippen LogP contribution in [0.15, 0.2) is 0 Å². The number of fused-ring (bicyclic) bond motifs is 1. The maximum atomic E-state index is 2.46. The third-order valence-electron chi connectivity index (χ3n) is 2.70. The largest absolute Gasteiger partial charge is 0.109 e. The van der Waals surface area contributed by atoms with Gasteiger partial charge in [-0.15, -0.1) is 7.92 Å². The summed E-state index contributed by atoms with van der Waals surface area (Å²) in [5.74, 6) is 1.17. The Kier molecular flexibility index (Phi) is 0.844. The Bertz CT molecular complexity index is 122. The van der Waals surface area contributed by atoms with Gasteiger partial charge in [0.2, 0.25) is 0 Å². The summed E-state index contributed by atoms with van der Waals surface area (Å²) in [4.78, 5) is 0.